The molecule has 1 heterocycles. The molecule has 7 heteroatoms. The molecule has 2 aromatic rings. The molecular weight excluding hydrogens is 351 g/mol. The van der Waals surface area contributed by atoms with Gasteiger partial charge in [-0.1, -0.05) is 12.1 Å². The number of carbonyl (C=O) groups is 2. The van der Waals surface area contributed by atoms with Gasteiger partial charge in [0.2, 0.25) is 11.8 Å². The highest BCUT2D eigenvalue weighted by Crippen LogP contribution is 2.32. The van der Waals surface area contributed by atoms with Gasteiger partial charge in [-0.15, -0.1) is 0 Å². The van der Waals surface area contributed by atoms with Crippen LogP contribution in [0.3, 0.4) is 0 Å². The first kappa shape index (κ1) is 18.7. The van der Waals surface area contributed by atoms with Crippen molar-refractivity contribution in [2.24, 2.45) is 0 Å². The zero-order valence-corrected chi connectivity index (χ0v) is 15.0. The van der Waals surface area contributed by atoms with E-state index in [0.717, 1.165) is 0 Å². The molecule has 0 atom stereocenters. The van der Waals surface area contributed by atoms with Crippen molar-refractivity contribution < 1.29 is 23.5 Å². The van der Waals surface area contributed by atoms with Gasteiger partial charge in [-0.25, -0.2) is 4.39 Å². The van der Waals surface area contributed by atoms with Gasteiger partial charge in [0.15, 0.2) is 11.5 Å². The molecule has 0 bridgehead atoms. The number of nitrogens with one attached hydrogen (secondary N) is 1. The van der Waals surface area contributed by atoms with E-state index in [9.17, 15) is 14.0 Å². The Kier molecular flexibility index (Phi) is 5.90. The van der Waals surface area contributed by atoms with Crippen LogP contribution in [-0.4, -0.2) is 43.0 Å². The number of anilines is 1. The Morgan fingerprint density at radius 1 is 1.11 bits per heavy atom. The Hall–Kier alpha value is -3.09. The van der Waals surface area contributed by atoms with Gasteiger partial charge in [-0.3, -0.25) is 9.59 Å². The van der Waals surface area contributed by atoms with Crippen molar-refractivity contribution >= 4 is 17.5 Å². The largest absolute Gasteiger partial charge is 0.486 e. The number of amides is 2. The topological polar surface area (TPSA) is 67.9 Å². The number of benzene rings is 2. The van der Waals surface area contributed by atoms with E-state index in [0.29, 0.717) is 42.5 Å². The minimum Gasteiger partial charge on any atom is -0.486 e. The summed E-state index contributed by atoms with van der Waals surface area (Å²) in [4.78, 5) is 26.2. The second kappa shape index (κ2) is 8.53. The number of halogens is 1. The molecule has 0 spiro atoms. The molecule has 1 aliphatic rings. The summed E-state index contributed by atoms with van der Waals surface area (Å²) in [6, 6.07) is 11.0. The van der Waals surface area contributed by atoms with E-state index in [-0.39, 0.29) is 30.6 Å². The number of nitrogens with zero attached hydrogens (tertiary/aromatic N) is 1. The van der Waals surface area contributed by atoms with Crippen molar-refractivity contribution in [1.82, 2.24) is 4.90 Å². The van der Waals surface area contributed by atoms with E-state index < -0.39 is 0 Å². The van der Waals surface area contributed by atoms with E-state index in [4.69, 9.17) is 9.47 Å². The highest BCUT2D eigenvalue weighted by molar-refractivity contribution is 5.95. The van der Waals surface area contributed by atoms with Gasteiger partial charge in [0.1, 0.15) is 19.0 Å². The maximum absolute atomic E-state index is 13.3. The maximum atomic E-state index is 13.3. The summed E-state index contributed by atoms with van der Waals surface area (Å²) in [7, 11) is 0. The molecular formula is C20H21FN2O4. The van der Waals surface area contributed by atoms with Crippen LogP contribution >= 0.6 is 0 Å². The molecule has 0 saturated carbocycles. The first-order chi connectivity index (χ1) is 13.0. The van der Waals surface area contributed by atoms with Crippen LogP contribution in [0.25, 0.3) is 0 Å². The van der Waals surface area contributed by atoms with Gasteiger partial charge in [0, 0.05) is 18.3 Å². The fourth-order valence-corrected chi connectivity index (χ4v) is 2.80. The van der Waals surface area contributed by atoms with E-state index in [1.54, 1.807) is 37.3 Å². The molecule has 2 aromatic carbocycles. The molecule has 1 N–H and O–H groups in total. The summed E-state index contributed by atoms with van der Waals surface area (Å²) in [5.41, 5.74) is 1.14. The van der Waals surface area contributed by atoms with Crippen molar-refractivity contribution in [1.29, 1.82) is 0 Å². The minimum absolute atomic E-state index is 0.0445. The third kappa shape index (κ3) is 4.97. The van der Waals surface area contributed by atoms with Crippen LogP contribution in [0.4, 0.5) is 10.1 Å². The van der Waals surface area contributed by atoms with Crippen molar-refractivity contribution in [3.8, 4) is 11.5 Å². The molecule has 0 radical (unpaired) electrons. The first-order valence-corrected chi connectivity index (χ1v) is 8.77. The second-order valence-electron chi connectivity index (χ2n) is 6.12. The predicted molar refractivity (Wildman–Crippen MR) is 98.4 cm³/mol. The quantitative estimate of drug-likeness (QED) is 0.847. The Balaban J connectivity index is 1.58. The van der Waals surface area contributed by atoms with E-state index in [2.05, 4.69) is 5.32 Å². The van der Waals surface area contributed by atoms with Crippen molar-refractivity contribution in [2.45, 2.75) is 13.3 Å². The monoisotopic (exact) mass is 372 g/mol. The Morgan fingerprint density at radius 3 is 2.63 bits per heavy atom. The van der Waals surface area contributed by atoms with Gasteiger partial charge in [0.05, 0.1) is 13.0 Å². The lowest BCUT2D eigenvalue weighted by Gasteiger charge is -2.21. The van der Waals surface area contributed by atoms with Gasteiger partial charge in [0.25, 0.3) is 0 Å². The SMILES string of the molecule is CCN(CC(=O)Nc1ccc2c(c1)OCCO2)C(=O)Cc1cccc(F)c1. The Morgan fingerprint density at radius 2 is 1.89 bits per heavy atom. The molecule has 0 unspecified atom stereocenters. The zero-order valence-electron chi connectivity index (χ0n) is 15.0. The van der Waals surface area contributed by atoms with E-state index in [1.807, 2.05) is 0 Å². The smallest absolute Gasteiger partial charge is 0.243 e. The lowest BCUT2D eigenvalue weighted by atomic mass is 10.1. The van der Waals surface area contributed by atoms with Gasteiger partial charge < -0.3 is 19.7 Å². The van der Waals surface area contributed by atoms with Crippen LogP contribution < -0.4 is 14.8 Å². The molecule has 27 heavy (non-hydrogen) atoms. The third-order valence-corrected chi connectivity index (χ3v) is 4.14. The summed E-state index contributed by atoms with van der Waals surface area (Å²) >= 11 is 0. The van der Waals surface area contributed by atoms with Crippen LogP contribution in [-0.2, 0) is 16.0 Å². The average molecular weight is 372 g/mol. The standard InChI is InChI=1S/C20H21FN2O4/c1-2-23(20(25)11-14-4-3-5-15(21)10-14)13-19(24)22-16-6-7-17-18(12-16)27-9-8-26-17/h3-7,10,12H,2,8-9,11,13H2,1H3,(H,22,24). The molecule has 142 valence electrons. The van der Waals surface area contributed by atoms with E-state index in [1.165, 1.54) is 17.0 Å². The number of ether oxygens (including phenoxy) is 2. The third-order valence-electron chi connectivity index (χ3n) is 4.14. The van der Waals surface area contributed by atoms with Crippen LogP contribution in [0.1, 0.15) is 12.5 Å². The molecule has 0 fully saturated rings. The van der Waals surface area contributed by atoms with Gasteiger partial charge in [-0.05, 0) is 36.8 Å². The van der Waals surface area contributed by atoms with Crippen molar-refractivity contribution in [3.63, 3.8) is 0 Å². The van der Waals surface area contributed by atoms with Crippen molar-refractivity contribution in [3.05, 3.63) is 53.8 Å². The summed E-state index contributed by atoms with van der Waals surface area (Å²) in [5.74, 6) is 0.273. The van der Waals surface area contributed by atoms with Crippen LogP contribution in [0.5, 0.6) is 11.5 Å². The number of fused-ring (bicyclic) bond motifs is 1. The lowest BCUT2D eigenvalue weighted by molar-refractivity contribution is -0.133. The summed E-state index contributed by atoms with van der Waals surface area (Å²) < 4.78 is 24.2. The van der Waals surface area contributed by atoms with Gasteiger partial charge >= 0.3 is 0 Å². The van der Waals surface area contributed by atoms with Crippen LogP contribution in [0.2, 0.25) is 0 Å². The lowest BCUT2D eigenvalue weighted by Crippen LogP contribution is -2.38. The fourth-order valence-electron chi connectivity index (χ4n) is 2.80. The fraction of sp³-hybridized carbons (Fsp3) is 0.300. The molecule has 6 nitrogen and oxygen atoms in total. The number of hydrogen-bond donors (Lipinski definition) is 1. The molecule has 1 aliphatic heterocycles. The number of rotatable bonds is 6. The number of likely N-dealkylation sites (N-methyl/N-ethyl adjacent to an activating group) is 1. The summed E-state index contributed by atoms with van der Waals surface area (Å²) in [6.45, 7) is 3.04. The maximum Gasteiger partial charge on any atom is 0.243 e. The molecule has 0 aromatic heterocycles. The number of hydrogen-bond acceptors (Lipinski definition) is 4. The minimum atomic E-state index is -0.389. The zero-order chi connectivity index (χ0) is 19.2. The van der Waals surface area contributed by atoms with Crippen LogP contribution in [0, 0.1) is 5.82 Å². The summed E-state index contributed by atoms with van der Waals surface area (Å²) in [6.07, 6.45) is 0.0445. The van der Waals surface area contributed by atoms with Crippen molar-refractivity contribution in [2.75, 3.05) is 31.6 Å². The Bertz CT molecular complexity index is 840. The van der Waals surface area contributed by atoms with Gasteiger partial charge in [-0.2, -0.15) is 0 Å². The molecule has 0 saturated heterocycles. The van der Waals surface area contributed by atoms with E-state index >= 15 is 0 Å². The second-order valence-corrected chi connectivity index (χ2v) is 6.12. The summed E-state index contributed by atoms with van der Waals surface area (Å²) in [5, 5.41) is 2.76. The Labute approximate surface area is 156 Å². The molecule has 2 amide bonds. The average Bonchev–Trinajstić information content (AvgIpc) is 2.66. The highest BCUT2D eigenvalue weighted by atomic mass is 19.1. The number of carbonyl (C=O) groups excluding carboxylic acids is 2. The molecule has 0 aliphatic carbocycles. The first-order valence-electron chi connectivity index (χ1n) is 8.77. The van der Waals surface area contributed by atoms with Crippen LogP contribution in [0.15, 0.2) is 42.5 Å². The molecule has 3 rings (SSSR count). The highest BCUT2D eigenvalue weighted by Gasteiger charge is 2.17. The predicted octanol–water partition coefficient (Wildman–Crippen LogP) is 2.63. The normalized spacial score (nSPS) is 12.4.